The first kappa shape index (κ1) is 94.5. The van der Waals surface area contributed by atoms with Gasteiger partial charge in [-0.15, -0.1) is 0 Å². The molecular formula is C79H142O17P2. The molecule has 0 heterocycles. The molecule has 0 amide bonds. The molecule has 3 N–H and O–H groups in total. The van der Waals surface area contributed by atoms with Gasteiger partial charge in [-0.1, -0.05) is 300 Å². The average molecular weight is 1430 g/mol. The summed E-state index contributed by atoms with van der Waals surface area (Å²) in [6, 6.07) is 0. The molecule has 0 saturated heterocycles. The highest BCUT2D eigenvalue weighted by Crippen LogP contribution is 2.45. The number of phosphoric ester groups is 2. The first-order valence-corrected chi connectivity index (χ1v) is 42.2. The largest absolute Gasteiger partial charge is 0.472 e. The smallest absolute Gasteiger partial charge is 0.462 e. The molecule has 98 heavy (non-hydrogen) atoms. The summed E-state index contributed by atoms with van der Waals surface area (Å²) >= 11 is 0. The Morgan fingerprint density at radius 2 is 0.510 bits per heavy atom. The maximum absolute atomic E-state index is 13.1. The van der Waals surface area contributed by atoms with Crippen LogP contribution in [0.2, 0.25) is 0 Å². The molecule has 0 aromatic rings. The predicted octanol–water partition coefficient (Wildman–Crippen LogP) is 22.4. The Kier molecular flexibility index (Phi) is 69.3. The lowest BCUT2D eigenvalue weighted by Crippen LogP contribution is -2.30. The number of phosphoric acid groups is 2. The van der Waals surface area contributed by atoms with E-state index in [4.69, 9.17) is 37.0 Å². The second-order valence-corrected chi connectivity index (χ2v) is 29.2. The number of esters is 4. The zero-order valence-electron chi connectivity index (χ0n) is 62.2. The fourth-order valence-corrected chi connectivity index (χ4v) is 12.2. The number of hydrogen-bond donors (Lipinski definition) is 3. The van der Waals surface area contributed by atoms with Gasteiger partial charge >= 0.3 is 39.5 Å². The first-order valence-electron chi connectivity index (χ1n) is 39.2. The number of aliphatic hydroxyl groups excluding tert-OH is 1. The Bertz CT molecular complexity index is 2140. The summed E-state index contributed by atoms with van der Waals surface area (Å²) in [6.45, 7) is 4.79. The zero-order chi connectivity index (χ0) is 71.8. The Balaban J connectivity index is 5.38. The highest BCUT2D eigenvalue weighted by molar-refractivity contribution is 7.47. The van der Waals surface area contributed by atoms with Crippen LogP contribution < -0.4 is 0 Å². The fraction of sp³-hybridized carbons (Fsp3) is 0.797. The van der Waals surface area contributed by atoms with E-state index in [1.807, 2.05) is 12.2 Å². The van der Waals surface area contributed by atoms with E-state index in [0.717, 1.165) is 116 Å². The normalized spacial score (nSPS) is 14.3. The lowest BCUT2D eigenvalue weighted by atomic mass is 10.0. The van der Waals surface area contributed by atoms with E-state index in [-0.39, 0.29) is 25.7 Å². The molecule has 0 spiro atoms. The molecule has 2 unspecified atom stereocenters. The summed E-state index contributed by atoms with van der Waals surface area (Å²) < 4.78 is 68.5. The number of carbonyl (C=O) groups is 4. The highest BCUT2D eigenvalue weighted by atomic mass is 31.2. The summed E-state index contributed by atoms with van der Waals surface area (Å²) in [4.78, 5) is 72.8. The van der Waals surface area contributed by atoms with Crippen LogP contribution in [0.1, 0.15) is 349 Å². The van der Waals surface area contributed by atoms with E-state index in [0.29, 0.717) is 32.1 Å². The molecule has 0 aliphatic heterocycles. The Morgan fingerprint density at radius 3 is 0.827 bits per heavy atom. The summed E-state index contributed by atoms with van der Waals surface area (Å²) in [7, 11) is -9.96. The molecule has 19 heteroatoms. The van der Waals surface area contributed by atoms with Crippen LogP contribution in [0, 0.1) is 0 Å². The van der Waals surface area contributed by atoms with Crippen LogP contribution in [0.5, 0.6) is 0 Å². The van der Waals surface area contributed by atoms with Crippen molar-refractivity contribution in [3.05, 3.63) is 72.9 Å². The second-order valence-electron chi connectivity index (χ2n) is 26.3. The van der Waals surface area contributed by atoms with Gasteiger partial charge in [0.05, 0.1) is 26.4 Å². The number of rotatable bonds is 74. The number of hydrogen-bond acceptors (Lipinski definition) is 15. The van der Waals surface area contributed by atoms with Crippen LogP contribution in [0.4, 0.5) is 0 Å². The number of carbonyl (C=O) groups excluding carboxylic acids is 4. The van der Waals surface area contributed by atoms with E-state index in [1.54, 1.807) is 0 Å². The van der Waals surface area contributed by atoms with Crippen molar-refractivity contribution in [3.63, 3.8) is 0 Å². The summed E-state index contributed by atoms with van der Waals surface area (Å²) in [5.41, 5.74) is 0. The van der Waals surface area contributed by atoms with Crippen molar-refractivity contribution in [1.82, 2.24) is 0 Å². The van der Waals surface area contributed by atoms with Gasteiger partial charge in [0, 0.05) is 25.7 Å². The number of ether oxygens (including phenoxy) is 4. The quantitative estimate of drug-likeness (QED) is 0.0169. The highest BCUT2D eigenvalue weighted by Gasteiger charge is 2.30. The van der Waals surface area contributed by atoms with Crippen LogP contribution in [0.15, 0.2) is 72.9 Å². The van der Waals surface area contributed by atoms with Gasteiger partial charge < -0.3 is 33.8 Å². The van der Waals surface area contributed by atoms with Crippen molar-refractivity contribution < 1.29 is 80.2 Å². The van der Waals surface area contributed by atoms with Crippen LogP contribution in [-0.4, -0.2) is 96.7 Å². The van der Waals surface area contributed by atoms with Crippen LogP contribution >= 0.6 is 15.6 Å². The number of aliphatic hydroxyl groups is 1. The number of allylic oxidation sites excluding steroid dienone is 12. The van der Waals surface area contributed by atoms with Crippen molar-refractivity contribution in [2.75, 3.05) is 39.6 Å². The topological polar surface area (TPSA) is 237 Å². The SMILES string of the molecule is CCCCC/C=C\C/C=C\C/C=C\C/C=C\CCCC(=O)O[C@H](COC(=O)CCCCCCCCCCCCCCC)COP(=O)(O)OC[C@@H](O)COP(=O)(O)OC[C@@H](COC(=O)CCCCCCC/C=C\C/C=C\CCCCC)OC(=O)CCCCCCCCCCCCCCC. The van der Waals surface area contributed by atoms with Gasteiger partial charge in [0.15, 0.2) is 12.2 Å². The first-order chi connectivity index (χ1) is 47.7. The molecule has 0 aromatic heterocycles. The van der Waals surface area contributed by atoms with E-state index < -0.39 is 97.5 Å². The molecule has 5 atom stereocenters. The van der Waals surface area contributed by atoms with Gasteiger partial charge in [0.2, 0.25) is 0 Å². The van der Waals surface area contributed by atoms with Crippen molar-refractivity contribution in [1.29, 1.82) is 0 Å². The Labute approximate surface area is 596 Å². The van der Waals surface area contributed by atoms with Gasteiger partial charge in [-0.2, -0.15) is 0 Å². The lowest BCUT2D eigenvalue weighted by Gasteiger charge is -2.21. The minimum Gasteiger partial charge on any atom is -0.462 e. The molecule has 0 aromatic carbocycles. The van der Waals surface area contributed by atoms with E-state index in [2.05, 4.69) is 88.5 Å². The van der Waals surface area contributed by atoms with Crippen LogP contribution in [0.25, 0.3) is 0 Å². The molecule has 0 radical (unpaired) electrons. The molecule has 0 fully saturated rings. The van der Waals surface area contributed by atoms with Crippen molar-refractivity contribution in [2.45, 2.75) is 367 Å². The second kappa shape index (κ2) is 71.9. The monoisotopic (exact) mass is 1420 g/mol. The molecule has 0 saturated carbocycles. The zero-order valence-corrected chi connectivity index (χ0v) is 64.0. The molecular weight excluding hydrogens is 1280 g/mol. The molecule has 0 bridgehead atoms. The van der Waals surface area contributed by atoms with Crippen LogP contribution in [-0.2, 0) is 65.4 Å². The maximum atomic E-state index is 13.1. The summed E-state index contributed by atoms with van der Waals surface area (Å²) in [6.07, 6.45) is 71.7. The van der Waals surface area contributed by atoms with E-state index >= 15 is 0 Å². The Hall–Kier alpha value is -3.50. The third kappa shape index (κ3) is 70.9. The third-order valence-corrected chi connectivity index (χ3v) is 18.6. The predicted molar refractivity (Wildman–Crippen MR) is 400 cm³/mol. The van der Waals surface area contributed by atoms with Gasteiger partial charge in [-0.3, -0.25) is 37.3 Å². The van der Waals surface area contributed by atoms with Crippen molar-refractivity contribution in [2.24, 2.45) is 0 Å². The molecule has 0 rings (SSSR count). The summed E-state index contributed by atoms with van der Waals surface area (Å²) in [5, 5.41) is 10.6. The molecule has 17 nitrogen and oxygen atoms in total. The fourth-order valence-electron chi connectivity index (χ4n) is 10.7. The lowest BCUT2D eigenvalue weighted by molar-refractivity contribution is -0.161. The minimum atomic E-state index is -4.98. The van der Waals surface area contributed by atoms with Crippen molar-refractivity contribution in [3.8, 4) is 0 Å². The van der Waals surface area contributed by atoms with Crippen molar-refractivity contribution >= 4 is 39.5 Å². The van der Waals surface area contributed by atoms with Gasteiger partial charge in [-0.25, -0.2) is 9.13 Å². The molecule has 0 aliphatic rings. The standard InChI is InChI=1S/C79H142O17P2/c1-5-9-13-17-21-25-29-33-35-36-38-42-46-50-54-58-62-66-79(84)96-75(69-89-76(81)63-59-55-51-47-43-39-31-27-23-19-15-11-7-3)72-94-98(87,88)92-68-73(80)67-91-97(85,86)93-71-74(95-78(83)65-61-57-53-49-45-40-32-28-24-20-16-12-8-4)70-90-77(82)64-60-56-52-48-44-41-37-34-30-26-22-18-14-10-6-2/h21-22,25-26,33-35,37-38,42,50,54,73-75,80H,5-20,23-24,27-32,36,39-41,43-49,51-53,55-72H2,1-4H3,(H,85,86)(H,87,88)/b25-21-,26-22-,35-33-,37-34-,42-38-,54-50-/t73-,74+,75+/m0/s1. The van der Waals surface area contributed by atoms with E-state index in [9.17, 15) is 43.2 Å². The van der Waals surface area contributed by atoms with Gasteiger partial charge in [0.1, 0.15) is 19.3 Å². The van der Waals surface area contributed by atoms with Gasteiger partial charge in [-0.05, 0) is 96.3 Å². The molecule has 0 aliphatic carbocycles. The number of unbranched alkanes of at least 4 members (excludes halogenated alkanes) is 36. The third-order valence-electron chi connectivity index (χ3n) is 16.7. The minimum absolute atomic E-state index is 0.0231. The average Bonchev–Trinajstić information content (AvgIpc) is 1.02. The Morgan fingerprint density at radius 1 is 0.286 bits per heavy atom. The summed E-state index contributed by atoms with van der Waals surface area (Å²) in [5.74, 6) is -2.23. The van der Waals surface area contributed by atoms with Gasteiger partial charge in [0.25, 0.3) is 0 Å². The van der Waals surface area contributed by atoms with E-state index in [1.165, 1.54) is 148 Å². The van der Waals surface area contributed by atoms with Crippen LogP contribution in [0.3, 0.4) is 0 Å². The molecule has 570 valence electrons. The maximum Gasteiger partial charge on any atom is 0.472 e.